The summed E-state index contributed by atoms with van der Waals surface area (Å²) in [5.41, 5.74) is 5.02. The number of ether oxygens (including phenoxy) is 1. The van der Waals surface area contributed by atoms with Gasteiger partial charge in [-0.05, 0) is 47.0 Å². The summed E-state index contributed by atoms with van der Waals surface area (Å²) in [5.74, 6) is 6.58. The maximum Gasteiger partial charge on any atom is 0.124 e. The Morgan fingerprint density at radius 1 is 1.35 bits per heavy atom. The molecule has 0 saturated heterocycles. The Bertz CT molecular complexity index is 562. The largest absolute Gasteiger partial charge is 0.494 e. The second-order valence-electron chi connectivity index (χ2n) is 4.41. The lowest BCUT2D eigenvalue weighted by Gasteiger charge is -2.19. The third-order valence-corrected chi connectivity index (χ3v) is 3.43. The van der Waals surface area contributed by atoms with Crippen LogP contribution < -0.4 is 16.0 Å². The average molecular weight is 336 g/mol. The van der Waals surface area contributed by atoms with Crippen LogP contribution in [0.5, 0.6) is 5.75 Å². The molecule has 2 rings (SSSR count). The molecule has 1 aromatic heterocycles. The van der Waals surface area contributed by atoms with Gasteiger partial charge >= 0.3 is 0 Å². The number of halogens is 1. The Hall–Kier alpha value is -1.43. The molecule has 0 saturated carbocycles. The van der Waals surface area contributed by atoms with E-state index in [1.54, 1.807) is 6.20 Å². The van der Waals surface area contributed by atoms with Crippen molar-refractivity contribution in [2.45, 2.75) is 19.4 Å². The van der Waals surface area contributed by atoms with Crippen LogP contribution in [0.3, 0.4) is 0 Å². The van der Waals surface area contributed by atoms with Crippen LogP contribution in [0.15, 0.2) is 47.2 Å². The SMILES string of the molecule is CCOc1ccccc1C(Cc1cncc(Br)c1)NN. The van der Waals surface area contributed by atoms with Crippen LogP contribution in [0, 0.1) is 0 Å². The number of nitrogens with zero attached hydrogens (tertiary/aromatic N) is 1. The van der Waals surface area contributed by atoms with Gasteiger partial charge in [0.05, 0.1) is 12.6 Å². The standard InChI is InChI=1S/C15H18BrN3O/c1-2-20-15-6-4-3-5-13(15)14(19-17)8-11-7-12(16)10-18-9-11/h3-7,9-10,14,19H,2,8,17H2,1H3. The number of hydrazine groups is 1. The molecule has 0 radical (unpaired) electrons. The first-order chi connectivity index (χ1) is 9.74. The minimum Gasteiger partial charge on any atom is -0.494 e. The molecule has 5 heteroatoms. The maximum atomic E-state index is 5.72. The summed E-state index contributed by atoms with van der Waals surface area (Å²) < 4.78 is 6.62. The molecule has 3 N–H and O–H groups in total. The number of rotatable bonds is 6. The molecule has 0 aliphatic rings. The fourth-order valence-corrected chi connectivity index (χ4v) is 2.53. The first-order valence-corrected chi connectivity index (χ1v) is 7.31. The average Bonchev–Trinajstić information content (AvgIpc) is 2.46. The summed E-state index contributed by atoms with van der Waals surface area (Å²) in [6.45, 7) is 2.60. The lowest BCUT2D eigenvalue weighted by molar-refractivity contribution is 0.331. The first-order valence-electron chi connectivity index (χ1n) is 6.52. The van der Waals surface area contributed by atoms with Crippen LogP contribution in [0.4, 0.5) is 0 Å². The van der Waals surface area contributed by atoms with Gasteiger partial charge in [-0.1, -0.05) is 18.2 Å². The molecule has 0 spiro atoms. The zero-order valence-electron chi connectivity index (χ0n) is 11.3. The van der Waals surface area contributed by atoms with Gasteiger partial charge in [0.15, 0.2) is 0 Å². The van der Waals surface area contributed by atoms with E-state index < -0.39 is 0 Å². The van der Waals surface area contributed by atoms with Gasteiger partial charge < -0.3 is 4.74 Å². The highest BCUT2D eigenvalue weighted by Gasteiger charge is 2.15. The van der Waals surface area contributed by atoms with Gasteiger partial charge in [0, 0.05) is 22.4 Å². The van der Waals surface area contributed by atoms with Gasteiger partial charge in [-0.2, -0.15) is 0 Å². The number of hydrogen-bond donors (Lipinski definition) is 2. The van der Waals surface area contributed by atoms with Gasteiger partial charge in [0.25, 0.3) is 0 Å². The first kappa shape index (κ1) is 15.0. The van der Waals surface area contributed by atoms with Crippen LogP contribution in [-0.2, 0) is 6.42 Å². The highest BCUT2D eigenvalue weighted by molar-refractivity contribution is 9.10. The topological polar surface area (TPSA) is 60.2 Å². The molecule has 20 heavy (non-hydrogen) atoms. The number of benzene rings is 1. The van der Waals surface area contributed by atoms with Crippen LogP contribution in [-0.4, -0.2) is 11.6 Å². The predicted octanol–water partition coefficient (Wildman–Crippen LogP) is 2.99. The van der Waals surface area contributed by atoms with Crippen molar-refractivity contribution in [2.75, 3.05) is 6.61 Å². The Kier molecular flexibility index (Phi) is 5.52. The third kappa shape index (κ3) is 3.79. The van der Waals surface area contributed by atoms with Gasteiger partial charge in [0.1, 0.15) is 5.75 Å². The zero-order chi connectivity index (χ0) is 14.4. The molecule has 1 heterocycles. The third-order valence-electron chi connectivity index (χ3n) is 3.00. The van der Waals surface area contributed by atoms with Crippen LogP contribution >= 0.6 is 15.9 Å². The zero-order valence-corrected chi connectivity index (χ0v) is 12.9. The number of para-hydroxylation sites is 1. The second kappa shape index (κ2) is 7.38. The fraction of sp³-hybridized carbons (Fsp3) is 0.267. The fourth-order valence-electron chi connectivity index (χ4n) is 2.12. The van der Waals surface area contributed by atoms with Crippen LogP contribution in [0.25, 0.3) is 0 Å². The van der Waals surface area contributed by atoms with E-state index in [0.29, 0.717) is 6.61 Å². The molecule has 0 fully saturated rings. The summed E-state index contributed by atoms with van der Waals surface area (Å²) >= 11 is 3.43. The van der Waals surface area contributed by atoms with Crippen molar-refractivity contribution in [3.8, 4) is 5.75 Å². The van der Waals surface area contributed by atoms with Crippen molar-refractivity contribution in [2.24, 2.45) is 5.84 Å². The van der Waals surface area contributed by atoms with Crippen molar-refractivity contribution in [1.82, 2.24) is 10.4 Å². The second-order valence-corrected chi connectivity index (χ2v) is 5.32. The van der Waals surface area contributed by atoms with Crippen LogP contribution in [0.1, 0.15) is 24.1 Å². The molecule has 2 aromatic rings. The van der Waals surface area contributed by atoms with Gasteiger partial charge in [-0.15, -0.1) is 0 Å². The normalized spacial score (nSPS) is 12.2. The van der Waals surface area contributed by atoms with Crippen molar-refractivity contribution in [3.05, 3.63) is 58.3 Å². The van der Waals surface area contributed by atoms with E-state index >= 15 is 0 Å². The van der Waals surface area contributed by atoms with Gasteiger partial charge in [0.2, 0.25) is 0 Å². The van der Waals surface area contributed by atoms with Gasteiger partial charge in [-0.3, -0.25) is 16.3 Å². The van der Waals surface area contributed by atoms with Crippen molar-refractivity contribution < 1.29 is 4.74 Å². The molecule has 4 nitrogen and oxygen atoms in total. The van der Waals surface area contributed by atoms with E-state index in [1.165, 1.54) is 0 Å². The number of hydrogen-bond acceptors (Lipinski definition) is 4. The van der Waals surface area contributed by atoms with E-state index in [4.69, 9.17) is 10.6 Å². The van der Waals surface area contributed by atoms with E-state index in [1.807, 2.05) is 43.5 Å². The highest BCUT2D eigenvalue weighted by atomic mass is 79.9. The summed E-state index contributed by atoms with van der Waals surface area (Å²) in [6.07, 6.45) is 4.36. The van der Waals surface area contributed by atoms with E-state index in [-0.39, 0.29) is 6.04 Å². The highest BCUT2D eigenvalue weighted by Crippen LogP contribution is 2.27. The van der Waals surface area contributed by atoms with Gasteiger partial charge in [-0.25, -0.2) is 0 Å². The smallest absolute Gasteiger partial charge is 0.124 e. The number of nitrogens with one attached hydrogen (secondary N) is 1. The molecule has 0 bridgehead atoms. The Labute approximate surface area is 127 Å². The number of nitrogens with two attached hydrogens (primary N) is 1. The minimum atomic E-state index is -0.0196. The molecule has 1 unspecified atom stereocenters. The molecular weight excluding hydrogens is 318 g/mol. The quantitative estimate of drug-likeness (QED) is 0.629. The predicted molar refractivity (Wildman–Crippen MR) is 83.3 cm³/mol. The summed E-state index contributed by atoms with van der Waals surface area (Å²) in [4.78, 5) is 4.18. The molecule has 0 aliphatic carbocycles. The summed E-state index contributed by atoms with van der Waals surface area (Å²) in [6, 6.07) is 9.96. The van der Waals surface area contributed by atoms with E-state index in [9.17, 15) is 0 Å². The number of pyridine rings is 1. The lowest BCUT2D eigenvalue weighted by atomic mass is 9.99. The van der Waals surface area contributed by atoms with E-state index in [0.717, 1.165) is 27.8 Å². The van der Waals surface area contributed by atoms with E-state index in [2.05, 4.69) is 26.3 Å². The molecule has 1 aromatic carbocycles. The molecule has 1 atom stereocenters. The van der Waals surface area contributed by atoms with Crippen molar-refractivity contribution in [3.63, 3.8) is 0 Å². The van der Waals surface area contributed by atoms with Crippen molar-refractivity contribution >= 4 is 15.9 Å². The Morgan fingerprint density at radius 2 is 2.15 bits per heavy atom. The summed E-state index contributed by atoms with van der Waals surface area (Å²) in [5, 5.41) is 0. The summed E-state index contributed by atoms with van der Waals surface area (Å²) in [7, 11) is 0. The molecule has 0 amide bonds. The van der Waals surface area contributed by atoms with Crippen molar-refractivity contribution in [1.29, 1.82) is 0 Å². The molecule has 106 valence electrons. The lowest BCUT2D eigenvalue weighted by Crippen LogP contribution is -2.30. The van der Waals surface area contributed by atoms with Crippen LogP contribution in [0.2, 0.25) is 0 Å². The molecule has 0 aliphatic heterocycles. The minimum absolute atomic E-state index is 0.0196. The Morgan fingerprint density at radius 3 is 2.85 bits per heavy atom. The monoisotopic (exact) mass is 335 g/mol. The maximum absolute atomic E-state index is 5.72. The molecular formula is C15H18BrN3O. The Balaban J connectivity index is 2.24. The number of aromatic nitrogens is 1.